The molecule has 0 spiro atoms. The zero-order chi connectivity index (χ0) is 29.5. The van der Waals surface area contributed by atoms with Gasteiger partial charge in [-0.3, -0.25) is 37.4 Å². The van der Waals surface area contributed by atoms with Crippen LogP contribution in [0.2, 0.25) is 0 Å². The molecule has 222 valence electrons. The number of hydrogen-bond acceptors (Lipinski definition) is 11. The lowest BCUT2D eigenvalue weighted by molar-refractivity contribution is -0.149. The molecule has 0 unspecified atom stereocenters. The number of hydrogen-bond donors (Lipinski definition) is 3. The van der Waals surface area contributed by atoms with Gasteiger partial charge in [0.05, 0.1) is 32.1 Å². The third-order valence-electron chi connectivity index (χ3n) is 5.48. The Labute approximate surface area is 229 Å². The molecule has 0 aliphatic carbocycles. The third-order valence-corrected chi connectivity index (χ3v) is 8.44. The van der Waals surface area contributed by atoms with Crippen molar-refractivity contribution >= 4 is 30.6 Å². The second kappa shape index (κ2) is 14.2. The molecule has 13 nitrogen and oxygen atoms in total. The van der Waals surface area contributed by atoms with Crippen molar-refractivity contribution in [3.05, 3.63) is 33.1 Å². The smallest absolute Gasteiger partial charge is 0.406 e. The van der Waals surface area contributed by atoms with Gasteiger partial charge in [-0.25, -0.2) is 14.4 Å². The van der Waals surface area contributed by atoms with E-state index in [4.69, 9.17) is 18.5 Å². The predicted molar refractivity (Wildman–Crippen MR) is 141 cm³/mol. The Bertz CT molecular complexity index is 1150. The van der Waals surface area contributed by atoms with Gasteiger partial charge in [0.25, 0.3) is 5.56 Å². The maximum Gasteiger partial charge on any atom is 0.406 e. The summed E-state index contributed by atoms with van der Waals surface area (Å²) < 4.78 is 50.1. The van der Waals surface area contributed by atoms with E-state index < -0.39 is 80.2 Å². The van der Waals surface area contributed by atoms with E-state index in [2.05, 4.69) is 5.09 Å². The van der Waals surface area contributed by atoms with Gasteiger partial charge in [-0.15, -0.1) is 0 Å². The number of nitrogens with one attached hydrogen (secondary N) is 2. The number of halogens is 1. The maximum absolute atomic E-state index is 13.9. The first kappa shape index (κ1) is 33.3. The molecule has 1 saturated heterocycles. The van der Waals surface area contributed by atoms with Gasteiger partial charge in [0.2, 0.25) is 0 Å². The van der Waals surface area contributed by atoms with Crippen LogP contribution in [0.1, 0.15) is 47.8 Å². The first-order valence-corrected chi connectivity index (χ1v) is 14.9. The number of ether oxygens (including phenoxy) is 2. The number of aromatic amines is 1. The SMILES string of the molecule is CC(C)OC(=O)[C@@H](C)N[P@@](=O)(OCCSC(=O)C(C)(C)C)OC[C@H]1O[C@@H](n2ccc(=O)[nH]c2=O)[C@H](O)[C@@H]1CF. The Kier molecular flexibility index (Phi) is 12.1. The summed E-state index contributed by atoms with van der Waals surface area (Å²) in [4.78, 5) is 50.0. The molecule has 0 amide bonds. The summed E-state index contributed by atoms with van der Waals surface area (Å²) in [6.07, 6.45) is -3.36. The van der Waals surface area contributed by atoms with Crippen molar-refractivity contribution in [1.82, 2.24) is 14.6 Å². The first-order chi connectivity index (χ1) is 18.1. The molecule has 2 heterocycles. The number of rotatable bonds is 13. The third kappa shape index (κ3) is 9.62. The van der Waals surface area contributed by atoms with E-state index in [1.165, 1.54) is 6.92 Å². The second-order valence-corrected chi connectivity index (χ2v) is 13.1. The van der Waals surface area contributed by atoms with E-state index in [0.29, 0.717) is 0 Å². The summed E-state index contributed by atoms with van der Waals surface area (Å²) in [6.45, 7) is 8.13. The number of carbonyl (C=O) groups excluding carboxylic acids is 2. The van der Waals surface area contributed by atoms with E-state index >= 15 is 0 Å². The van der Waals surface area contributed by atoms with Crippen molar-refractivity contribution in [1.29, 1.82) is 0 Å². The van der Waals surface area contributed by atoms with Crippen molar-refractivity contribution in [2.45, 2.75) is 72.1 Å². The van der Waals surface area contributed by atoms with Gasteiger partial charge >= 0.3 is 19.4 Å². The van der Waals surface area contributed by atoms with E-state index in [9.17, 15) is 33.2 Å². The van der Waals surface area contributed by atoms with Crippen LogP contribution in [0, 0.1) is 11.3 Å². The standard InChI is InChI=1S/C23H37FN3O10PS/c1-13(2)36-20(30)14(3)26-38(33,34-9-10-39-21(31)23(4,5)6)35-12-16-15(11-24)18(29)19(37-16)27-8-7-17(28)25-22(27)32/h7-8,13-16,18-19,29H,9-12H2,1-6H3,(H,26,33)(H,25,28,32)/t14-,15-,16-,18-,19-,38-/m1/s1. The molecule has 2 rings (SSSR count). The summed E-state index contributed by atoms with van der Waals surface area (Å²) >= 11 is 0.981. The molecule has 16 heteroatoms. The van der Waals surface area contributed by atoms with Crippen LogP contribution in [0.15, 0.2) is 21.9 Å². The second-order valence-electron chi connectivity index (χ2n) is 10.2. The minimum Gasteiger partial charge on any atom is -0.462 e. The number of H-pyrrole nitrogens is 1. The molecular formula is C23H37FN3O10PS. The highest BCUT2D eigenvalue weighted by Gasteiger charge is 2.46. The number of aliphatic hydroxyl groups excluding tert-OH is 1. The molecule has 1 aromatic heterocycles. The van der Waals surface area contributed by atoms with Gasteiger partial charge in [-0.2, -0.15) is 0 Å². The molecule has 1 aliphatic heterocycles. The summed E-state index contributed by atoms with van der Waals surface area (Å²) in [5, 5.41) is 13.0. The van der Waals surface area contributed by atoms with Crippen LogP contribution in [-0.4, -0.2) is 75.7 Å². The van der Waals surface area contributed by atoms with E-state index in [-0.39, 0.29) is 17.5 Å². The first-order valence-electron chi connectivity index (χ1n) is 12.3. The molecule has 6 atom stereocenters. The Hall–Kier alpha value is -1.87. The van der Waals surface area contributed by atoms with Gasteiger partial charge in [-0.1, -0.05) is 32.5 Å². The molecule has 1 aliphatic rings. The molecule has 0 aromatic carbocycles. The highest BCUT2D eigenvalue weighted by atomic mass is 32.2. The minimum atomic E-state index is -4.27. The summed E-state index contributed by atoms with van der Waals surface area (Å²) in [6, 6.07) is -0.0841. The lowest BCUT2D eigenvalue weighted by atomic mass is 10.00. The minimum absolute atomic E-state index is 0.105. The molecule has 1 fully saturated rings. The quantitative estimate of drug-likeness (QED) is 0.171. The predicted octanol–water partition coefficient (Wildman–Crippen LogP) is 1.76. The number of carbonyl (C=O) groups is 2. The van der Waals surface area contributed by atoms with Crippen LogP contribution in [-0.2, 0) is 32.7 Å². The Morgan fingerprint density at radius 2 is 1.95 bits per heavy atom. The Balaban J connectivity index is 2.15. The monoisotopic (exact) mass is 597 g/mol. The van der Waals surface area contributed by atoms with Crippen molar-refractivity contribution < 1.29 is 42.2 Å². The van der Waals surface area contributed by atoms with Gasteiger partial charge in [0.1, 0.15) is 12.1 Å². The summed E-state index contributed by atoms with van der Waals surface area (Å²) in [7, 11) is -4.27. The van der Waals surface area contributed by atoms with Crippen molar-refractivity contribution in [3.8, 4) is 0 Å². The topological polar surface area (TPSA) is 175 Å². The number of alkyl halides is 1. The van der Waals surface area contributed by atoms with E-state index in [0.717, 1.165) is 28.6 Å². The van der Waals surface area contributed by atoms with Crippen LogP contribution >= 0.6 is 19.5 Å². The Morgan fingerprint density at radius 1 is 1.28 bits per heavy atom. The largest absolute Gasteiger partial charge is 0.462 e. The average Bonchev–Trinajstić information content (AvgIpc) is 3.14. The van der Waals surface area contributed by atoms with Crippen molar-refractivity contribution in [2.75, 3.05) is 25.6 Å². The molecule has 0 saturated carbocycles. The zero-order valence-corrected chi connectivity index (χ0v) is 24.5. The average molecular weight is 598 g/mol. The number of aliphatic hydroxyl groups is 1. The molecule has 39 heavy (non-hydrogen) atoms. The summed E-state index contributed by atoms with van der Waals surface area (Å²) in [5.41, 5.74) is -2.13. The highest BCUT2D eigenvalue weighted by Crippen LogP contribution is 2.46. The molecular weight excluding hydrogens is 560 g/mol. The van der Waals surface area contributed by atoms with Crippen LogP contribution < -0.4 is 16.3 Å². The number of thioether (sulfide) groups is 1. The van der Waals surface area contributed by atoms with Crippen LogP contribution in [0.25, 0.3) is 0 Å². The van der Waals surface area contributed by atoms with Gasteiger partial charge < -0.3 is 14.6 Å². The number of nitrogens with zero attached hydrogens (tertiary/aromatic N) is 1. The molecule has 1 aromatic rings. The van der Waals surface area contributed by atoms with Crippen molar-refractivity contribution in [3.63, 3.8) is 0 Å². The lowest BCUT2D eigenvalue weighted by Crippen LogP contribution is -2.37. The summed E-state index contributed by atoms with van der Waals surface area (Å²) in [5.74, 6) is -1.76. The fourth-order valence-corrected chi connectivity index (χ4v) is 5.81. The number of aromatic nitrogens is 2. The maximum atomic E-state index is 13.9. The molecule has 3 N–H and O–H groups in total. The highest BCUT2D eigenvalue weighted by molar-refractivity contribution is 8.13. The number of esters is 1. The van der Waals surface area contributed by atoms with Crippen molar-refractivity contribution in [2.24, 2.45) is 11.3 Å². The molecule has 0 bridgehead atoms. The Morgan fingerprint density at radius 3 is 2.51 bits per heavy atom. The van der Waals surface area contributed by atoms with Crippen LogP contribution in [0.3, 0.4) is 0 Å². The van der Waals surface area contributed by atoms with Crippen LogP contribution in [0.5, 0.6) is 0 Å². The fraction of sp³-hybridized carbons (Fsp3) is 0.739. The lowest BCUT2D eigenvalue weighted by Gasteiger charge is -2.25. The fourth-order valence-electron chi connectivity index (χ4n) is 3.42. The zero-order valence-electron chi connectivity index (χ0n) is 22.7. The van der Waals surface area contributed by atoms with E-state index in [1.807, 2.05) is 4.98 Å². The normalized spacial score (nSPS) is 23.9. The van der Waals surface area contributed by atoms with Crippen LogP contribution in [0.4, 0.5) is 4.39 Å². The van der Waals surface area contributed by atoms with Gasteiger partial charge in [-0.05, 0) is 20.8 Å². The van der Waals surface area contributed by atoms with Gasteiger partial charge in [0, 0.05) is 29.3 Å². The van der Waals surface area contributed by atoms with Gasteiger partial charge in [0.15, 0.2) is 11.3 Å². The molecule has 0 radical (unpaired) electrons. The van der Waals surface area contributed by atoms with E-state index in [1.54, 1.807) is 34.6 Å².